The number of amides is 1. The third-order valence-corrected chi connectivity index (χ3v) is 6.67. The molecule has 21 heavy (non-hydrogen) atoms. The van der Waals surface area contributed by atoms with Crippen molar-refractivity contribution in [2.45, 2.75) is 13.5 Å². The Hall–Kier alpha value is -0.690. The molecule has 0 N–H and O–H groups in total. The van der Waals surface area contributed by atoms with E-state index >= 15 is 0 Å². The fourth-order valence-electron chi connectivity index (χ4n) is 2.45. The molecule has 2 aromatic rings. The Morgan fingerprint density at radius 1 is 1.33 bits per heavy atom. The maximum Gasteiger partial charge on any atom is 0.264 e. The van der Waals surface area contributed by atoms with Gasteiger partial charge < -0.3 is 4.90 Å². The summed E-state index contributed by atoms with van der Waals surface area (Å²) in [6.45, 7) is 6.57. The lowest BCUT2D eigenvalue weighted by atomic mass is 10.2. The molecule has 1 amide bonds. The Morgan fingerprint density at radius 3 is 2.67 bits per heavy atom. The highest BCUT2D eigenvalue weighted by Crippen LogP contribution is 2.28. The SMILES string of the molecule is Cc1cc(C(=O)N2CCN(Cc3cccs3)CC2)sc1Br. The fourth-order valence-corrected chi connectivity index (χ4v) is 4.70. The molecule has 3 rings (SSSR count). The third-order valence-electron chi connectivity index (χ3n) is 3.69. The van der Waals surface area contributed by atoms with Gasteiger partial charge in [-0.05, 0) is 45.9 Å². The number of nitrogens with zero attached hydrogens (tertiary/aromatic N) is 2. The fraction of sp³-hybridized carbons (Fsp3) is 0.400. The first-order chi connectivity index (χ1) is 10.1. The van der Waals surface area contributed by atoms with E-state index in [1.807, 2.05) is 17.9 Å². The van der Waals surface area contributed by atoms with E-state index in [1.54, 1.807) is 11.3 Å². The Bertz CT molecular complexity index is 596. The summed E-state index contributed by atoms with van der Waals surface area (Å²) in [5.41, 5.74) is 1.14. The first kappa shape index (κ1) is 15.2. The average Bonchev–Trinajstić information content (AvgIpc) is 3.10. The molecule has 3 heterocycles. The lowest BCUT2D eigenvalue weighted by molar-refractivity contribution is 0.0634. The Labute approximate surface area is 141 Å². The highest BCUT2D eigenvalue weighted by molar-refractivity contribution is 9.11. The molecular formula is C15H17BrN2OS2. The third kappa shape index (κ3) is 3.56. The van der Waals surface area contributed by atoms with Crippen LogP contribution < -0.4 is 0 Å². The second-order valence-corrected chi connectivity index (χ2v) is 8.62. The van der Waals surface area contributed by atoms with E-state index in [9.17, 15) is 4.79 Å². The number of carbonyl (C=O) groups is 1. The molecule has 2 aromatic heterocycles. The van der Waals surface area contributed by atoms with Crippen LogP contribution in [-0.4, -0.2) is 41.9 Å². The van der Waals surface area contributed by atoms with Crippen molar-refractivity contribution in [3.8, 4) is 0 Å². The standard InChI is InChI=1S/C15H17BrN2OS2/c1-11-9-13(21-14(11)16)15(19)18-6-4-17(5-7-18)10-12-3-2-8-20-12/h2-3,8-9H,4-7,10H2,1H3. The van der Waals surface area contributed by atoms with Crippen LogP contribution in [0.1, 0.15) is 20.1 Å². The Morgan fingerprint density at radius 2 is 2.10 bits per heavy atom. The van der Waals surface area contributed by atoms with E-state index in [0.717, 1.165) is 47.0 Å². The summed E-state index contributed by atoms with van der Waals surface area (Å²) >= 11 is 6.83. The van der Waals surface area contributed by atoms with Gasteiger partial charge >= 0.3 is 0 Å². The van der Waals surface area contributed by atoms with E-state index < -0.39 is 0 Å². The van der Waals surface area contributed by atoms with Crippen LogP contribution in [0.2, 0.25) is 0 Å². The van der Waals surface area contributed by atoms with Crippen LogP contribution in [0.25, 0.3) is 0 Å². The minimum atomic E-state index is 0.171. The van der Waals surface area contributed by atoms with Crippen molar-refractivity contribution >= 4 is 44.5 Å². The van der Waals surface area contributed by atoms with Gasteiger partial charge in [0.05, 0.1) is 8.66 Å². The second kappa shape index (κ2) is 6.60. The molecule has 0 saturated carbocycles. The first-order valence-electron chi connectivity index (χ1n) is 6.93. The summed E-state index contributed by atoms with van der Waals surface area (Å²) in [5.74, 6) is 0.171. The second-order valence-electron chi connectivity index (χ2n) is 5.22. The zero-order chi connectivity index (χ0) is 14.8. The van der Waals surface area contributed by atoms with Crippen LogP contribution in [0.15, 0.2) is 27.4 Å². The van der Waals surface area contributed by atoms with Crippen LogP contribution in [0.3, 0.4) is 0 Å². The van der Waals surface area contributed by atoms with Gasteiger partial charge in [0, 0.05) is 37.6 Å². The molecule has 0 spiro atoms. The van der Waals surface area contributed by atoms with E-state index in [-0.39, 0.29) is 5.91 Å². The number of halogens is 1. The lowest BCUT2D eigenvalue weighted by Gasteiger charge is -2.34. The smallest absolute Gasteiger partial charge is 0.264 e. The largest absolute Gasteiger partial charge is 0.335 e. The predicted octanol–water partition coefficient (Wildman–Crippen LogP) is 3.84. The molecule has 112 valence electrons. The number of aryl methyl sites for hydroxylation is 1. The van der Waals surface area contributed by atoms with Crippen molar-refractivity contribution in [3.63, 3.8) is 0 Å². The normalized spacial score (nSPS) is 16.4. The molecule has 0 aromatic carbocycles. The monoisotopic (exact) mass is 384 g/mol. The molecule has 0 aliphatic carbocycles. The van der Waals surface area contributed by atoms with Crippen molar-refractivity contribution in [1.29, 1.82) is 0 Å². The van der Waals surface area contributed by atoms with Crippen molar-refractivity contribution in [1.82, 2.24) is 9.80 Å². The number of piperazine rings is 1. The van der Waals surface area contributed by atoms with Crippen molar-refractivity contribution in [2.75, 3.05) is 26.2 Å². The number of rotatable bonds is 3. The van der Waals surface area contributed by atoms with Gasteiger partial charge in [0.25, 0.3) is 5.91 Å². The molecule has 1 fully saturated rings. The zero-order valence-corrected chi connectivity index (χ0v) is 15.1. The zero-order valence-electron chi connectivity index (χ0n) is 11.8. The van der Waals surface area contributed by atoms with Crippen LogP contribution in [0, 0.1) is 6.92 Å². The molecule has 0 bridgehead atoms. The number of thiophene rings is 2. The highest BCUT2D eigenvalue weighted by Gasteiger charge is 2.23. The predicted molar refractivity (Wildman–Crippen MR) is 92.3 cm³/mol. The summed E-state index contributed by atoms with van der Waals surface area (Å²) in [5, 5.41) is 2.12. The van der Waals surface area contributed by atoms with Gasteiger partial charge in [-0.15, -0.1) is 22.7 Å². The summed E-state index contributed by atoms with van der Waals surface area (Å²) in [4.78, 5) is 19.1. The summed E-state index contributed by atoms with van der Waals surface area (Å²) in [6.07, 6.45) is 0. The summed E-state index contributed by atoms with van der Waals surface area (Å²) in [7, 11) is 0. The van der Waals surface area contributed by atoms with Gasteiger partial charge in [-0.3, -0.25) is 9.69 Å². The van der Waals surface area contributed by atoms with E-state index in [4.69, 9.17) is 0 Å². The van der Waals surface area contributed by atoms with E-state index in [0.29, 0.717) is 0 Å². The van der Waals surface area contributed by atoms with Crippen LogP contribution in [0.5, 0.6) is 0 Å². The molecule has 1 aliphatic heterocycles. The van der Waals surface area contributed by atoms with Gasteiger partial charge in [-0.25, -0.2) is 0 Å². The molecule has 6 heteroatoms. The van der Waals surface area contributed by atoms with Crippen molar-refractivity contribution in [3.05, 3.63) is 42.7 Å². The molecule has 3 nitrogen and oxygen atoms in total. The average molecular weight is 385 g/mol. The molecular weight excluding hydrogens is 368 g/mol. The number of carbonyl (C=O) groups excluding carboxylic acids is 1. The van der Waals surface area contributed by atoms with Gasteiger partial charge in [0.2, 0.25) is 0 Å². The molecule has 1 saturated heterocycles. The van der Waals surface area contributed by atoms with E-state index in [1.165, 1.54) is 16.2 Å². The minimum absolute atomic E-state index is 0.171. The van der Waals surface area contributed by atoms with Crippen molar-refractivity contribution < 1.29 is 4.79 Å². The maximum absolute atomic E-state index is 12.5. The maximum atomic E-state index is 12.5. The quantitative estimate of drug-likeness (QED) is 0.802. The van der Waals surface area contributed by atoms with Gasteiger partial charge in [0.1, 0.15) is 0 Å². The molecule has 0 atom stereocenters. The summed E-state index contributed by atoms with van der Waals surface area (Å²) in [6, 6.07) is 6.25. The lowest BCUT2D eigenvalue weighted by Crippen LogP contribution is -2.48. The Kier molecular flexibility index (Phi) is 4.78. The van der Waals surface area contributed by atoms with Gasteiger partial charge in [-0.1, -0.05) is 6.07 Å². The van der Waals surface area contributed by atoms with Crippen molar-refractivity contribution in [2.24, 2.45) is 0 Å². The van der Waals surface area contributed by atoms with E-state index in [2.05, 4.69) is 38.3 Å². The number of hydrogen-bond acceptors (Lipinski definition) is 4. The molecule has 1 aliphatic rings. The number of hydrogen-bond donors (Lipinski definition) is 0. The highest BCUT2D eigenvalue weighted by atomic mass is 79.9. The first-order valence-corrected chi connectivity index (χ1v) is 9.42. The summed E-state index contributed by atoms with van der Waals surface area (Å²) < 4.78 is 1.06. The van der Waals surface area contributed by atoms with Gasteiger partial charge in [-0.2, -0.15) is 0 Å². The van der Waals surface area contributed by atoms with Crippen LogP contribution in [-0.2, 0) is 6.54 Å². The molecule has 0 unspecified atom stereocenters. The van der Waals surface area contributed by atoms with Gasteiger partial charge in [0.15, 0.2) is 0 Å². The topological polar surface area (TPSA) is 23.6 Å². The van der Waals surface area contributed by atoms with Crippen LogP contribution >= 0.6 is 38.6 Å². The minimum Gasteiger partial charge on any atom is -0.335 e. The van der Waals surface area contributed by atoms with Crippen LogP contribution in [0.4, 0.5) is 0 Å². The molecule has 0 radical (unpaired) electrons. The Balaban J connectivity index is 1.56.